The Morgan fingerprint density at radius 2 is 1.64 bits per heavy atom. The summed E-state index contributed by atoms with van der Waals surface area (Å²) in [5, 5.41) is 0. The van der Waals surface area contributed by atoms with Gasteiger partial charge in [0.15, 0.2) is 5.78 Å². The van der Waals surface area contributed by atoms with Gasteiger partial charge in [0, 0.05) is 47.1 Å². The van der Waals surface area contributed by atoms with Gasteiger partial charge in [-0.15, -0.1) is 0 Å². The molecule has 2 aliphatic rings. The average Bonchev–Trinajstić information content (AvgIpc) is 2.94. The van der Waals surface area contributed by atoms with Crippen LogP contribution in [0.4, 0.5) is 11.5 Å². The molecule has 5 rings (SSSR count). The number of hydrogen-bond acceptors (Lipinski definition) is 6. The number of Topliss-reactive ketones (excluding diaryl/α,β-unsaturated/α-hetero) is 1. The molecule has 3 aromatic rings. The lowest BCUT2D eigenvalue weighted by molar-refractivity contribution is 0.0841. The second-order valence-electron chi connectivity index (χ2n) is 9.75. The summed E-state index contributed by atoms with van der Waals surface area (Å²) >= 11 is 0. The summed E-state index contributed by atoms with van der Waals surface area (Å²) < 4.78 is 0. The number of amides is 1. The standard InChI is InChI=1S/C29H33N5O2/c30-24-12-10-23(11-13-24)29(36)34(28-25-8-4-5-9-26(25)31-20-32-28)19-18-33-16-14-22(15-17-33)27(35)21-6-2-1-3-7-21/h1-3,6-7,10-13,20,22H,4-5,8-9,14-19,30H2. The van der Waals surface area contributed by atoms with Crippen LogP contribution in [0.5, 0.6) is 0 Å². The number of anilines is 2. The molecule has 1 fully saturated rings. The van der Waals surface area contributed by atoms with Crippen LogP contribution in [0.3, 0.4) is 0 Å². The Kier molecular flexibility index (Phi) is 7.37. The number of benzene rings is 2. The number of nitrogens with zero attached hydrogens (tertiary/aromatic N) is 4. The van der Waals surface area contributed by atoms with Gasteiger partial charge in [-0.2, -0.15) is 0 Å². The summed E-state index contributed by atoms with van der Waals surface area (Å²) in [5.41, 5.74) is 10.0. The van der Waals surface area contributed by atoms with E-state index in [1.165, 1.54) is 0 Å². The average molecular weight is 484 g/mol. The van der Waals surface area contributed by atoms with E-state index in [4.69, 9.17) is 5.73 Å². The number of nitrogen functional groups attached to an aromatic ring is 1. The number of likely N-dealkylation sites (tertiary alicyclic amines) is 1. The lowest BCUT2D eigenvalue weighted by Gasteiger charge is -2.33. The zero-order valence-electron chi connectivity index (χ0n) is 20.6. The molecule has 1 aliphatic carbocycles. The first-order valence-electron chi connectivity index (χ1n) is 12.9. The van der Waals surface area contributed by atoms with E-state index in [-0.39, 0.29) is 17.6 Å². The highest BCUT2D eigenvalue weighted by atomic mass is 16.2. The summed E-state index contributed by atoms with van der Waals surface area (Å²) in [6, 6.07) is 16.6. The third kappa shape index (κ3) is 5.31. The summed E-state index contributed by atoms with van der Waals surface area (Å²) in [5.74, 6) is 0.958. The maximum Gasteiger partial charge on any atom is 0.259 e. The first-order valence-corrected chi connectivity index (χ1v) is 12.9. The van der Waals surface area contributed by atoms with Gasteiger partial charge in [-0.05, 0) is 75.9 Å². The molecule has 186 valence electrons. The molecule has 2 N–H and O–H groups in total. The quantitative estimate of drug-likeness (QED) is 0.400. The fourth-order valence-corrected chi connectivity index (χ4v) is 5.32. The largest absolute Gasteiger partial charge is 0.399 e. The highest BCUT2D eigenvalue weighted by molar-refractivity contribution is 6.06. The van der Waals surface area contributed by atoms with Crippen LogP contribution in [0, 0.1) is 5.92 Å². The molecular formula is C29H33N5O2. The fourth-order valence-electron chi connectivity index (χ4n) is 5.32. The number of rotatable bonds is 7. The first kappa shape index (κ1) is 24.1. The van der Waals surface area contributed by atoms with Gasteiger partial charge in [0.05, 0.1) is 0 Å². The number of ketones is 1. The first-order chi connectivity index (χ1) is 17.6. The third-order valence-electron chi connectivity index (χ3n) is 7.42. The fraction of sp³-hybridized carbons (Fsp3) is 0.379. The van der Waals surface area contributed by atoms with Crippen molar-refractivity contribution in [1.29, 1.82) is 0 Å². The van der Waals surface area contributed by atoms with E-state index in [9.17, 15) is 9.59 Å². The Balaban J connectivity index is 1.30. The van der Waals surface area contributed by atoms with Crippen LogP contribution in [0.15, 0.2) is 60.9 Å². The van der Waals surface area contributed by atoms with E-state index in [1.807, 2.05) is 35.2 Å². The van der Waals surface area contributed by atoms with Crippen LogP contribution >= 0.6 is 0 Å². The van der Waals surface area contributed by atoms with Crippen LogP contribution in [0.25, 0.3) is 0 Å². The third-order valence-corrected chi connectivity index (χ3v) is 7.42. The van der Waals surface area contributed by atoms with Crippen LogP contribution in [0.2, 0.25) is 0 Å². The SMILES string of the molecule is Nc1ccc(C(=O)N(CCN2CCC(C(=O)c3ccccc3)CC2)c2ncnc3c2CCCC3)cc1. The number of carbonyl (C=O) groups excluding carboxylic acids is 2. The number of nitrogens with two attached hydrogens (primary N) is 1. The predicted octanol–water partition coefficient (Wildman–Crippen LogP) is 4.18. The number of aromatic nitrogens is 2. The summed E-state index contributed by atoms with van der Waals surface area (Å²) in [4.78, 5) is 39.8. The highest BCUT2D eigenvalue weighted by Crippen LogP contribution is 2.29. The number of carbonyl (C=O) groups is 2. The van der Waals surface area contributed by atoms with Gasteiger partial charge in [-0.3, -0.25) is 14.5 Å². The number of hydrogen-bond donors (Lipinski definition) is 1. The van der Waals surface area contributed by atoms with Crippen molar-refractivity contribution in [2.75, 3.05) is 36.8 Å². The normalized spacial score (nSPS) is 16.3. The Morgan fingerprint density at radius 3 is 2.39 bits per heavy atom. The van der Waals surface area contributed by atoms with Crippen molar-refractivity contribution in [2.24, 2.45) is 5.92 Å². The molecule has 36 heavy (non-hydrogen) atoms. The molecule has 1 aliphatic heterocycles. The van der Waals surface area contributed by atoms with E-state index in [2.05, 4.69) is 14.9 Å². The van der Waals surface area contributed by atoms with Crippen molar-refractivity contribution in [3.05, 3.63) is 83.3 Å². The topological polar surface area (TPSA) is 92.4 Å². The lowest BCUT2D eigenvalue weighted by atomic mass is 9.89. The minimum absolute atomic E-state index is 0.0602. The molecule has 1 aromatic heterocycles. The van der Waals surface area contributed by atoms with Crippen LogP contribution < -0.4 is 10.6 Å². The van der Waals surface area contributed by atoms with Crippen molar-refractivity contribution in [3.63, 3.8) is 0 Å². The zero-order chi connectivity index (χ0) is 24.9. The molecule has 2 heterocycles. The summed E-state index contributed by atoms with van der Waals surface area (Å²) in [6.45, 7) is 2.94. The van der Waals surface area contributed by atoms with Gasteiger partial charge < -0.3 is 10.6 Å². The van der Waals surface area contributed by atoms with Gasteiger partial charge in [0.25, 0.3) is 5.91 Å². The Morgan fingerprint density at radius 1 is 0.917 bits per heavy atom. The van der Waals surface area contributed by atoms with Crippen LogP contribution in [-0.2, 0) is 12.8 Å². The minimum Gasteiger partial charge on any atom is -0.399 e. The van der Waals surface area contributed by atoms with E-state index in [1.54, 1.807) is 30.6 Å². The molecular weight excluding hydrogens is 450 g/mol. The van der Waals surface area contributed by atoms with Crippen molar-refractivity contribution in [2.45, 2.75) is 38.5 Å². The van der Waals surface area contributed by atoms with Gasteiger partial charge >= 0.3 is 0 Å². The summed E-state index contributed by atoms with van der Waals surface area (Å²) in [7, 11) is 0. The summed E-state index contributed by atoms with van der Waals surface area (Å²) in [6.07, 6.45) is 7.28. The second-order valence-corrected chi connectivity index (χ2v) is 9.75. The minimum atomic E-state index is -0.0735. The smallest absolute Gasteiger partial charge is 0.259 e. The van der Waals surface area contributed by atoms with Crippen molar-refractivity contribution >= 4 is 23.2 Å². The highest BCUT2D eigenvalue weighted by Gasteiger charge is 2.28. The predicted molar refractivity (Wildman–Crippen MR) is 141 cm³/mol. The molecule has 0 atom stereocenters. The van der Waals surface area contributed by atoms with E-state index < -0.39 is 0 Å². The van der Waals surface area contributed by atoms with Crippen molar-refractivity contribution < 1.29 is 9.59 Å². The van der Waals surface area contributed by atoms with Gasteiger partial charge in [-0.25, -0.2) is 9.97 Å². The Hall–Kier alpha value is -3.58. The molecule has 7 heteroatoms. The van der Waals surface area contributed by atoms with Crippen LogP contribution in [0.1, 0.15) is 57.7 Å². The molecule has 7 nitrogen and oxygen atoms in total. The van der Waals surface area contributed by atoms with Crippen molar-refractivity contribution in [1.82, 2.24) is 14.9 Å². The van der Waals surface area contributed by atoms with E-state index >= 15 is 0 Å². The van der Waals surface area contributed by atoms with Gasteiger partial charge in [0.2, 0.25) is 0 Å². The molecule has 0 saturated carbocycles. The van der Waals surface area contributed by atoms with Crippen LogP contribution in [-0.4, -0.2) is 52.7 Å². The molecule has 0 unspecified atom stereocenters. The van der Waals surface area contributed by atoms with E-state index in [0.717, 1.165) is 80.8 Å². The Labute approximate surface area is 212 Å². The maximum absolute atomic E-state index is 13.7. The molecule has 0 bridgehead atoms. The maximum atomic E-state index is 13.7. The molecule has 1 saturated heterocycles. The lowest BCUT2D eigenvalue weighted by Crippen LogP contribution is -2.43. The van der Waals surface area contributed by atoms with Crippen molar-refractivity contribution in [3.8, 4) is 0 Å². The molecule has 0 spiro atoms. The number of aryl methyl sites for hydroxylation is 1. The van der Waals surface area contributed by atoms with E-state index in [0.29, 0.717) is 17.8 Å². The molecule has 0 radical (unpaired) electrons. The van der Waals surface area contributed by atoms with Gasteiger partial charge in [-0.1, -0.05) is 30.3 Å². The number of fused-ring (bicyclic) bond motifs is 1. The van der Waals surface area contributed by atoms with Gasteiger partial charge in [0.1, 0.15) is 12.1 Å². The monoisotopic (exact) mass is 483 g/mol. The molecule has 1 amide bonds. The second kappa shape index (κ2) is 11.0. The number of piperidine rings is 1. The molecule has 2 aromatic carbocycles. The zero-order valence-corrected chi connectivity index (χ0v) is 20.6. The Bertz CT molecular complexity index is 1200.